The van der Waals surface area contributed by atoms with Crippen molar-refractivity contribution >= 4 is 27.9 Å². The van der Waals surface area contributed by atoms with Crippen LogP contribution in [-0.4, -0.2) is 19.0 Å². The zero-order valence-corrected chi connectivity index (χ0v) is 12.2. The van der Waals surface area contributed by atoms with Crippen LogP contribution in [0.25, 0.3) is 0 Å². The Bertz CT molecular complexity index is 635. The summed E-state index contributed by atoms with van der Waals surface area (Å²) in [5, 5.41) is 0. The minimum Gasteiger partial charge on any atom is -0.465 e. The molecule has 2 aromatic rings. The first-order valence-electron chi connectivity index (χ1n) is 5.77. The second kappa shape index (κ2) is 6.34. The van der Waals surface area contributed by atoms with Gasteiger partial charge in [-0.25, -0.2) is 9.59 Å². The van der Waals surface area contributed by atoms with Gasteiger partial charge >= 0.3 is 11.9 Å². The van der Waals surface area contributed by atoms with E-state index in [1.165, 1.54) is 19.2 Å². The molecule has 4 nitrogen and oxygen atoms in total. The number of ether oxygens (including phenoxy) is 2. The highest BCUT2D eigenvalue weighted by Crippen LogP contribution is 2.18. The normalized spacial score (nSPS) is 9.90. The van der Waals surface area contributed by atoms with E-state index < -0.39 is 11.9 Å². The number of rotatable bonds is 3. The maximum Gasteiger partial charge on any atom is 0.344 e. The number of carbonyl (C=O) groups is 2. The molecule has 0 radical (unpaired) electrons. The van der Waals surface area contributed by atoms with E-state index in [0.29, 0.717) is 5.75 Å². The third kappa shape index (κ3) is 3.24. The number of halogens is 1. The highest BCUT2D eigenvalue weighted by molar-refractivity contribution is 9.10. The van der Waals surface area contributed by atoms with Crippen LogP contribution in [-0.2, 0) is 4.74 Å². The molecule has 0 atom stereocenters. The van der Waals surface area contributed by atoms with Gasteiger partial charge in [0.2, 0.25) is 0 Å². The molecule has 0 N–H and O–H groups in total. The lowest BCUT2D eigenvalue weighted by Crippen LogP contribution is -2.14. The van der Waals surface area contributed by atoms with E-state index in [2.05, 4.69) is 20.7 Å². The van der Waals surface area contributed by atoms with Crippen LogP contribution in [0, 0.1) is 0 Å². The molecule has 2 aromatic carbocycles. The smallest absolute Gasteiger partial charge is 0.344 e. The average molecular weight is 335 g/mol. The molecule has 0 aliphatic rings. The molecule has 0 aliphatic carbocycles. The van der Waals surface area contributed by atoms with Crippen molar-refractivity contribution in [1.29, 1.82) is 0 Å². The SMILES string of the molecule is COC(=O)c1ccccc1C(=O)Oc1ccc(Br)cc1. The summed E-state index contributed by atoms with van der Waals surface area (Å²) >= 11 is 3.29. The Kier molecular flexibility index (Phi) is 4.53. The van der Waals surface area contributed by atoms with Gasteiger partial charge in [-0.05, 0) is 36.4 Å². The fourth-order valence-electron chi connectivity index (χ4n) is 1.61. The molecule has 20 heavy (non-hydrogen) atoms. The fraction of sp³-hybridized carbons (Fsp3) is 0.0667. The molecule has 0 unspecified atom stereocenters. The maximum absolute atomic E-state index is 12.1. The third-order valence-corrected chi connectivity index (χ3v) is 3.11. The van der Waals surface area contributed by atoms with Gasteiger partial charge in [-0.1, -0.05) is 28.1 Å². The molecule has 0 saturated heterocycles. The Morgan fingerprint density at radius 1 is 0.900 bits per heavy atom. The van der Waals surface area contributed by atoms with Gasteiger partial charge in [0.15, 0.2) is 0 Å². The summed E-state index contributed by atoms with van der Waals surface area (Å²) in [6, 6.07) is 13.2. The summed E-state index contributed by atoms with van der Waals surface area (Å²) in [6.07, 6.45) is 0. The van der Waals surface area contributed by atoms with E-state index in [-0.39, 0.29) is 11.1 Å². The number of benzene rings is 2. The number of hydrogen-bond acceptors (Lipinski definition) is 4. The zero-order valence-electron chi connectivity index (χ0n) is 10.6. The predicted octanol–water partition coefficient (Wildman–Crippen LogP) is 3.45. The summed E-state index contributed by atoms with van der Waals surface area (Å²) in [5.74, 6) is -0.778. The van der Waals surface area contributed by atoms with Crippen LogP contribution in [0.4, 0.5) is 0 Å². The second-order valence-corrected chi connectivity index (χ2v) is 4.80. The summed E-state index contributed by atoms with van der Waals surface area (Å²) in [7, 11) is 1.26. The van der Waals surface area contributed by atoms with Crippen molar-refractivity contribution in [2.45, 2.75) is 0 Å². The number of esters is 2. The van der Waals surface area contributed by atoms with Crippen LogP contribution in [0.15, 0.2) is 53.0 Å². The summed E-state index contributed by atoms with van der Waals surface area (Å²) in [5.41, 5.74) is 0.347. The van der Waals surface area contributed by atoms with Crippen LogP contribution >= 0.6 is 15.9 Å². The van der Waals surface area contributed by atoms with Crippen LogP contribution < -0.4 is 4.74 Å². The molecule has 102 valence electrons. The molecule has 0 aromatic heterocycles. The van der Waals surface area contributed by atoms with Gasteiger partial charge in [0, 0.05) is 4.47 Å². The van der Waals surface area contributed by atoms with Gasteiger partial charge < -0.3 is 9.47 Å². The summed E-state index contributed by atoms with van der Waals surface area (Å²) < 4.78 is 10.7. The first-order valence-corrected chi connectivity index (χ1v) is 6.56. The Labute approximate surface area is 124 Å². The van der Waals surface area contributed by atoms with Gasteiger partial charge in [0.1, 0.15) is 5.75 Å². The van der Waals surface area contributed by atoms with Crippen LogP contribution in [0.3, 0.4) is 0 Å². The van der Waals surface area contributed by atoms with Gasteiger partial charge in [-0.15, -0.1) is 0 Å². The molecule has 0 heterocycles. The van der Waals surface area contributed by atoms with Gasteiger partial charge in [-0.3, -0.25) is 0 Å². The topological polar surface area (TPSA) is 52.6 Å². The van der Waals surface area contributed by atoms with E-state index in [4.69, 9.17) is 4.74 Å². The van der Waals surface area contributed by atoms with E-state index >= 15 is 0 Å². The lowest BCUT2D eigenvalue weighted by Gasteiger charge is -2.08. The monoisotopic (exact) mass is 334 g/mol. The van der Waals surface area contributed by atoms with Gasteiger partial charge in [-0.2, -0.15) is 0 Å². The standard InChI is InChI=1S/C15H11BrO4/c1-19-14(17)12-4-2-3-5-13(12)15(18)20-11-8-6-10(16)7-9-11/h2-9H,1H3. The van der Waals surface area contributed by atoms with Crippen molar-refractivity contribution in [1.82, 2.24) is 0 Å². The first kappa shape index (κ1) is 14.3. The minimum absolute atomic E-state index is 0.169. The molecule has 0 spiro atoms. The molecule has 0 bridgehead atoms. The Balaban J connectivity index is 2.25. The maximum atomic E-state index is 12.1. The van der Waals surface area contributed by atoms with E-state index in [1.54, 1.807) is 36.4 Å². The van der Waals surface area contributed by atoms with Crippen LogP contribution in [0.1, 0.15) is 20.7 Å². The quantitative estimate of drug-likeness (QED) is 0.637. The van der Waals surface area contributed by atoms with Crippen LogP contribution in [0.5, 0.6) is 5.75 Å². The minimum atomic E-state index is -0.603. The highest BCUT2D eigenvalue weighted by atomic mass is 79.9. The van der Waals surface area contributed by atoms with Crippen molar-refractivity contribution in [3.8, 4) is 5.75 Å². The Hall–Kier alpha value is -2.14. The van der Waals surface area contributed by atoms with E-state index in [1.807, 2.05) is 0 Å². The van der Waals surface area contributed by atoms with Crippen molar-refractivity contribution < 1.29 is 19.1 Å². The molecule has 0 fully saturated rings. The summed E-state index contributed by atoms with van der Waals surface area (Å²) in [4.78, 5) is 23.7. The first-order chi connectivity index (χ1) is 9.61. The fourth-order valence-corrected chi connectivity index (χ4v) is 1.88. The lowest BCUT2D eigenvalue weighted by molar-refractivity contribution is 0.0587. The van der Waals surface area contributed by atoms with Crippen molar-refractivity contribution in [2.75, 3.05) is 7.11 Å². The number of hydrogen-bond donors (Lipinski definition) is 0. The highest BCUT2D eigenvalue weighted by Gasteiger charge is 2.18. The molecule has 2 rings (SSSR count). The predicted molar refractivity (Wildman–Crippen MR) is 76.9 cm³/mol. The van der Waals surface area contributed by atoms with Gasteiger partial charge in [0.05, 0.1) is 18.2 Å². The molecule has 5 heteroatoms. The zero-order chi connectivity index (χ0) is 14.5. The average Bonchev–Trinajstić information content (AvgIpc) is 2.48. The molecule has 0 saturated carbocycles. The molecular formula is C15H11BrO4. The van der Waals surface area contributed by atoms with E-state index in [9.17, 15) is 9.59 Å². The number of methoxy groups -OCH3 is 1. The Morgan fingerprint density at radius 3 is 2.00 bits per heavy atom. The van der Waals surface area contributed by atoms with Gasteiger partial charge in [0.25, 0.3) is 0 Å². The second-order valence-electron chi connectivity index (χ2n) is 3.88. The Morgan fingerprint density at radius 2 is 1.45 bits per heavy atom. The van der Waals surface area contributed by atoms with Crippen molar-refractivity contribution in [3.05, 3.63) is 64.1 Å². The van der Waals surface area contributed by atoms with Crippen molar-refractivity contribution in [3.63, 3.8) is 0 Å². The largest absolute Gasteiger partial charge is 0.465 e. The van der Waals surface area contributed by atoms with Crippen LogP contribution in [0.2, 0.25) is 0 Å². The number of carbonyl (C=O) groups excluding carboxylic acids is 2. The molecule has 0 aliphatic heterocycles. The third-order valence-electron chi connectivity index (χ3n) is 2.58. The lowest BCUT2D eigenvalue weighted by atomic mass is 10.1. The van der Waals surface area contributed by atoms with Crippen molar-refractivity contribution in [2.24, 2.45) is 0 Å². The molecular weight excluding hydrogens is 324 g/mol. The molecule has 0 amide bonds. The summed E-state index contributed by atoms with van der Waals surface area (Å²) in [6.45, 7) is 0. The van der Waals surface area contributed by atoms with E-state index in [0.717, 1.165) is 4.47 Å².